The van der Waals surface area contributed by atoms with Crippen molar-refractivity contribution in [2.24, 2.45) is 0 Å². The number of hydrogen-bond donors (Lipinski definition) is 2. The quantitative estimate of drug-likeness (QED) is 0.837. The molecule has 1 aromatic carbocycles. The zero-order chi connectivity index (χ0) is 19.6. The smallest absolute Gasteiger partial charge is 0.317 e. The summed E-state index contributed by atoms with van der Waals surface area (Å²) in [6.45, 7) is 5.81. The van der Waals surface area contributed by atoms with Gasteiger partial charge in [-0.2, -0.15) is 0 Å². The maximum absolute atomic E-state index is 12.7. The van der Waals surface area contributed by atoms with E-state index in [4.69, 9.17) is 0 Å². The lowest BCUT2D eigenvalue weighted by Gasteiger charge is -2.50. The van der Waals surface area contributed by atoms with E-state index in [0.29, 0.717) is 6.04 Å². The van der Waals surface area contributed by atoms with Crippen LogP contribution in [0, 0.1) is 0 Å². The molecular weight excluding hydrogens is 350 g/mol. The van der Waals surface area contributed by atoms with Gasteiger partial charge in [0.25, 0.3) is 0 Å². The molecular formula is C23H35N3O2. The van der Waals surface area contributed by atoms with Gasteiger partial charge < -0.3 is 15.3 Å². The molecule has 1 saturated carbocycles. The van der Waals surface area contributed by atoms with E-state index in [-0.39, 0.29) is 23.6 Å². The Labute approximate surface area is 169 Å². The molecule has 154 valence electrons. The van der Waals surface area contributed by atoms with Crippen LogP contribution in [0.3, 0.4) is 0 Å². The number of aliphatic hydroxyl groups excluding tert-OH is 1. The molecule has 3 aliphatic rings. The van der Waals surface area contributed by atoms with Crippen molar-refractivity contribution >= 4 is 6.03 Å². The molecule has 0 unspecified atom stereocenters. The Bertz CT molecular complexity index is 651. The lowest BCUT2D eigenvalue weighted by molar-refractivity contribution is 0.00693. The molecule has 1 aliphatic carbocycles. The minimum absolute atomic E-state index is 0.0937. The maximum atomic E-state index is 12.7. The first-order valence-electron chi connectivity index (χ1n) is 11.1. The molecule has 4 rings (SSSR count). The highest BCUT2D eigenvalue weighted by molar-refractivity contribution is 5.76. The highest BCUT2D eigenvalue weighted by Crippen LogP contribution is 2.37. The van der Waals surface area contributed by atoms with Crippen molar-refractivity contribution in [3.8, 4) is 0 Å². The van der Waals surface area contributed by atoms with Crippen LogP contribution in [0.2, 0.25) is 0 Å². The van der Waals surface area contributed by atoms with Gasteiger partial charge in [0, 0.05) is 43.7 Å². The first-order chi connectivity index (χ1) is 13.6. The molecule has 28 heavy (non-hydrogen) atoms. The number of nitrogens with one attached hydrogen (secondary N) is 1. The number of hydrogen-bond acceptors (Lipinski definition) is 3. The fourth-order valence-electron chi connectivity index (χ4n) is 5.39. The molecule has 2 heterocycles. The fourth-order valence-corrected chi connectivity index (χ4v) is 5.39. The number of carbonyl (C=O) groups excluding carboxylic acids is 1. The van der Waals surface area contributed by atoms with E-state index in [1.54, 1.807) is 0 Å². The van der Waals surface area contributed by atoms with Crippen LogP contribution in [-0.4, -0.2) is 65.3 Å². The van der Waals surface area contributed by atoms with Gasteiger partial charge in [0.1, 0.15) is 0 Å². The SMILES string of the molecule is CCC1(c2ccccc2)CN(C(=O)NC2CCN([C@@H]3CCCC[C@H]3O)CC2)C1. The van der Waals surface area contributed by atoms with Crippen molar-refractivity contribution in [1.82, 2.24) is 15.1 Å². The Morgan fingerprint density at radius 2 is 1.79 bits per heavy atom. The minimum atomic E-state index is -0.166. The van der Waals surface area contributed by atoms with Crippen LogP contribution in [0.5, 0.6) is 0 Å². The van der Waals surface area contributed by atoms with Gasteiger partial charge in [0.05, 0.1) is 6.10 Å². The number of piperidine rings is 1. The maximum Gasteiger partial charge on any atom is 0.317 e. The summed E-state index contributed by atoms with van der Waals surface area (Å²) in [6.07, 6.45) is 7.31. The number of carbonyl (C=O) groups is 1. The first kappa shape index (κ1) is 19.7. The summed E-state index contributed by atoms with van der Waals surface area (Å²) in [5, 5.41) is 13.6. The zero-order valence-corrected chi connectivity index (χ0v) is 17.1. The molecule has 0 bridgehead atoms. The van der Waals surface area contributed by atoms with E-state index in [2.05, 4.69) is 47.5 Å². The highest BCUT2D eigenvalue weighted by Gasteiger charge is 2.45. The third-order valence-corrected chi connectivity index (χ3v) is 7.36. The third kappa shape index (κ3) is 3.92. The van der Waals surface area contributed by atoms with Crippen LogP contribution in [0.15, 0.2) is 30.3 Å². The van der Waals surface area contributed by atoms with Gasteiger partial charge in [-0.3, -0.25) is 4.90 Å². The average Bonchev–Trinajstić information content (AvgIpc) is 2.70. The van der Waals surface area contributed by atoms with Crippen LogP contribution in [-0.2, 0) is 5.41 Å². The largest absolute Gasteiger partial charge is 0.391 e. The number of benzene rings is 1. The van der Waals surface area contributed by atoms with Gasteiger partial charge >= 0.3 is 6.03 Å². The summed E-state index contributed by atoms with van der Waals surface area (Å²) in [5.74, 6) is 0. The summed E-state index contributed by atoms with van der Waals surface area (Å²) in [6, 6.07) is 11.3. The number of urea groups is 1. The lowest BCUT2D eigenvalue weighted by Crippen LogP contribution is -2.64. The molecule has 2 atom stereocenters. The Kier molecular flexibility index (Phi) is 5.93. The monoisotopic (exact) mass is 385 g/mol. The lowest BCUT2D eigenvalue weighted by atomic mass is 9.72. The van der Waals surface area contributed by atoms with Crippen molar-refractivity contribution in [2.75, 3.05) is 26.2 Å². The van der Waals surface area contributed by atoms with Gasteiger partial charge in [-0.1, -0.05) is 50.1 Å². The summed E-state index contributed by atoms with van der Waals surface area (Å²) < 4.78 is 0. The fraction of sp³-hybridized carbons (Fsp3) is 0.696. The zero-order valence-electron chi connectivity index (χ0n) is 17.1. The molecule has 3 fully saturated rings. The Balaban J connectivity index is 1.24. The standard InChI is InChI=1S/C23H35N3O2/c1-2-23(18-8-4-3-5-9-18)16-26(17-23)22(28)24-19-12-14-25(15-13-19)20-10-6-7-11-21(20)27/h3-5,8-9,19-21,27H,2,6-7,10-17H2,1H3,(H,24,28)/t20-,21-/m1/s1. The molecule has 2 aliphatic heterocycles. The van der Waals surface area contributed by atoms with E-state index in [1.807, 2.05) is 4.90 Å². The van der Waals surface area contributed by atoms with E-state index in [0.717, 1.165) is 64.7 Å². The molecule has 2 N–H and O–H groups in total. The third-order valence-electron chi connectivity index (χ3n) is 7.36. The van der Waals surface area contributed by atoms with Gasteiger partial charge in [0.15, 0.2) is 0 Å². The van der Waals surface area contributed by atoms with Gasteiger partial charge in [-0.15, -0.1) is 0 Å². The van der Waals surface area contributed by atoms with Crippen molar-refractivity contribution < 1.29 is 9.90 Å². The molecule has 2 amide bonds. The van der Waals surface area contributed by atoms with E-state index < -0.39 is 0 Å². The molecule has 5 nitrogen and oxygen atoms in total. The number of nitrogens with zero attached hydrogens (tertiary/aromatic N) is 2. The second-order valence-corrected chi connectivity index (χ2v) is 9.03. The van der Waals surface area contributed by atoms with Crippen LogP contribution in [0.1, 0.15) is 57.4 Å². The van der Waals surface area contributed by atoms with Crippen LogP contribution >= 0.6 is 0 Å². The molecule has 0 aromatic heterocycles. The molecule has 1 aromatic rings. The number of likely N-dealkylation sites (tertiary alicyclic amines) is 2. The van der Waals surface area contributed by atoms with Gasteiger partial charge in [0.2, 0.25) is 0 Å². The summed E-state index contributed by atoms with van der Waals surface area (Å²) in [5.41, 5.74) is 1.47. The van der Waals surface area contributed by atoms with Crippen molar-refractivity contribution in [2.45, 2.75) is 75.5 Å². The van der Waals surface area contributed by atoms with E-state index in [1.165, 1.54) is 12.0 Å². The average molecular weight is 386 g/mol. The summed E-state index contributed by atoms with van der Waals surface area (Å²) in [7, 11) is 0. The van der Waals surface area contributed by atoms with Crippen LogP contribution < -0.4 is 5.32 Å². The summed E-state index contributed by atoms with van der Waals surface area (Å²) >= 11 is 0. The minimum Gasteiger partial charge on any atom is -0.391 e. The van der Waals surface area contributed by atoms with Crippen molar-refractivity contribution in [1.29, 1.82) is 0 Å². The van der Waals surface area contributed by atoms with Gasteiger partial charge in [-0.25, -0.2) is 4.79 Å². The second kappa shape index (κ2) is 8.42. The van der Waals surface area contributed by atoms with Crippen molar-refractivity contribution in [3.05, 3.63) is 35.9 Å². The normalized spacial score (nSPS) is 28.6. The van der Waals surface area contributed by atoms with Crippen LogP contribution in [0.25, 0.3) is 0 Å². The predicted octanol–water partition coefficient (Wildman–Crippen LogP) is 3.13. The van der Waals surface area contributed by atoms with Crippen LogP contribution in [0.4, 0.5) is 4.79 Å². The number of amides is 2. The first-order valence-corrected chi connectivity index (χ1v) is 11.1. The van der Waals surface area contributed by atoms with E-state index in [9.17, 15) is 9.90 Å². The highest BCUT2D eigenvalue weighted by atomic mass is 16.3. The number of aliphatic hydroxyl groups is 1. The molecule has 0 radical (unpaired) electrons. The van der Waals surface area contributed by atoms with E-state index >= 15 is 0 Å². The topological polar surface area (TPSA) is 55.8 Å². The number of rotatable bonds is 4. The Morgan fingerprint density at radius 3 is 2.43 bits per heavy atom. The molecule has 2 saturated heterocycles. The Hall–Kier alpha value is -1.59. The second-order valence-electron chi connectivity index (χ2n) is 9.03. The summed E-state index contributed by atoms with van der Waals surface area (Å²) in [4.78, 5) is 17.1. The molecule has 5 heteroatoms. The Morgan fingerprint density at radius 1 is 1.11 bits per heavy atom. The molecule has 0 spiro atoms. The van der Waals surface area contributed by atoms with Gasteiger partial charge in [-0.05, 0) is 37.7 Å². The predicted molar refractivity (Wildman–Crippen MR) is 111 cm³/mol. The van der Waals surface area contributed by atoms with Crippen molar-refractivity contribution in [3.63, 3.8) is 0 Å².